The van der Waals surface area contributed by atoms with E-state index >= 15 is 0 Å². The molecule has 0 fully saturated rings. The average Bonchev–Trinajstić information content (AvgIpc) is 3.41. The van der Waals surface area contributed by atoms with E-state index in [-0.39, 0.29) is 18.0 Å². The fraction of sp³-hybridized carbons (Fsp3) is 0.417. The van der Waals surface area contributed by atoms with Crippen molar-refractivity contribution in [1.29, 1.82) is 0 Å². The van der Waals surface area contributed by atoms with Crippen LogP contribution in [0.5, 0.6) is 5.75 Å². The highest BCUT2D eigenvalue weighted by Crippen LogP contribution is 2.29. The second-order valence-electron chi connectivity index (χ2n) is 9.02. The van der Waals surface area contributed by atoms with E-state index < -0.39 is 5.69 Å². The molecule has 174 valence electrons. The van der Waals surface area contributed by atoms with Gasteiger partial charge in [0.25, 0.3) is 5.56 Å². The molecule has 0 atom stereocenters. The molecule has 0 saturated carbocycles. The maximum Gasteiger partial charge on any atom is 0.333 e. The van der Waals surface area contributed by atoms with Gasteiger partial charge in [-0.05, 0) is 24.0 Å². The van der Waals surface area contributed by atoms with Crippen LogP contribution in [0.3, 0.4) is 0 Å². The molecule has 0 radical (unpaired) electrons. The maximum atomic E-state index is 13.4. The standard InChI is InChI=1S/C24H29N5O4/c1-15(2)11-27-14-25-22-21(27)23(30)29(24(31)28(22)12-16(3)4)13-17-10-19(26-33-17)18-8-6-7-9-20(18)32-5/h6-10,14-16H,11-13H2,1-5H3. The van der Waals surface area contributed by atoms with Gasteiger partial charge in [-0.1, -0.05) is 45.0 Å². The molecule has 33 heavy (non-hydrogen) atoms. The Kier molecular flexibility index (Phi) is 6.22. The van der Waals surface area contributed by atoms with Crippen molar-refractivity contribution in [1.82, 2.24) is 23.8 Å². The second kappa shape index (κ2) is 9.09. The smallest absolute Gasteiger partial charge is 0.333 e. The molecule has 0 aliphatic heterocycles. The third kappa shape index (κ3) is 4.35. The van der Waals surface area contributed by atoms with Crippen LogP contribution in [0.25, 0.3) is 22.4 Å². The minimum Gasteiger partial charge on any atom is -0.496 e. The number of hydrogen-bond donors (Lipinski definition) is 0. The van der Waals surface area contributed by atoms with Crippen molar-refractivity contribution in [3.8, 4) is 17.0 Å². The first-order valence-corrected chi connectivity index (χ1v) is 11.1. The van der Waals surface area contributed by atoms with Gasteiger partial charge in [0.05, 0.1) is 20.0 Å². The van der Waals surface area contributed by atoms with Gasteiger partial charge < -0.3 is 13.8 Å². The maximum absolute atomic E-state index is 13.4. The largest absolute Gasteiger partial charge is 0.496 e. The lowest BCUT2D eigenvalue weighted by Crippen LogP contribution is -2.41. The van der Waals surface area contributed by atoms with Crippen LogP contribution in [0.1, 0.15) is 33.5 Å². The monoisotopic (exact) mass is 451 g/mol. The van der Waals surface area contributed by atoms with E-state index in [1.807, 2.05) is 42.7 Å². The third-order valence-corrected chi connectivity index (χ3v) is 5.35. The molecule has 0 spiro atoms. The van der Waals surface area contributed by atoms with Crippen molar-refractivity contribution in [3.63, 3.8) is 0 Å². The number of fused-ring (bicyclic) bond motifs is 1. The Morgan fingerprint density at radius 2 is 1.76 bits per heavy atom. The molecule has 1 aromatic carbocycles. The zero-order valence-electron chi connectivity index (χ0n) is 19.6. The Labute approximate surface area is 191 Å². The number of methoxy groups -OCH3 is 1. The van der Waals surface area contributed by atoms with Gasteiger partial charge in [0, 0.05) is 24.7 Å². The van der Waals surface area contributed by atoms with Crippen molar-refractivity contribution < 1.29 is 9.26 Å². The molecule has 9 heteroatoms. The van der Waals surface area contributed by atoms with Gasteiger partial charge in [0.2, 0.25) is 0 Å². The quantitative estimate of drug-likeness (QED) is 0.407. The van der Waals surface area contributed by atoms with Gasteiger partial charge in [-0.15, -0.1) is 0 Å². The lowest BCUT2D eigenvalue weighted by molar-refractivity contribution is 0.371. The number of aromatic nitrogens is 5. The molecule has 0 amide bonds. The van der Waals surface area contributed by atoms with Crippen LogP contribution >= 0.6 is 0 Å². The summed E-state index contributed by atoms with van der Waals surface area (Å²) in [7, 11) is 1.59. The molecule has 3 heterocycles. The summed E-state index contributed by atoms with van der Waals surface area (Å²) in [5.41, 5.74) is 1.39. The van der Waals surface area contributed by atoms with Gasteiger partial charge in [-0.25, -0.2) is 9.78 Å². The first kappa shape index (κ1) is 22.6. The highest BCUT2D eigenvalue weighted by Gasteiger charge is 2.21. The lowest BCUT2D eigenvalue weighted by atomic mass is 10.1. The van der Waals surface area contributed by atoms with Crippen LogP contribution in [0.2, 0.25) is 0 Å². The molecule has 4 rings (SSSR count). The van der Waals surface area contributed by atoms with Gasteiger partial charge in [-0.3, -0.25) is 13.9 Å². The van der Waals surface area contributed by atoms with Gasteiger partial charge in [0.1, 0.15) is 11.4 Å². The number of nitrogens with zero attached hydrogens (tertiary/aromatic N) is 5. The summed E-state index contributed by atoms with van der Waals surface area (Å²) in [5, 5.41) is 4.13. The Hall–Kier alpha value is -3.62. The Morgan fingerprint density at radius 3 is 2.45 bits per heavy atom. The van der Waals surface area contributed by atoms with E-state index in [0.717, 1.165) is 5.56 Å². The normalized spacial score (nSPS) is 11.7. The summed E-state index contributed by atoms with van der Waals surface area (Å²) in [6, 6.07) is 9.19. The predicted octanol–water partition coefficient (Wildman–Crippen LogP) is 3.38. The van der Waals surface area contributed by atoms with Gasteiger partial charge >= 0.3 is 5.69 Å². The van der Waals surface area contributed by atoms with E-state index in [2.05, 4.69) is 24.0 Å². The lowest BCUT2D eigenvalue weighted by Gasteiger charge is -2.14. The number of hydrogen-bond acceptors (Lipinski definition) is 6. The molecular weight excluding hydrogens is 422 g/mol. The van der Waals surface area contributed by atoms with Crippen LogP contribution in [-0.4, -0.2) is 31.0 Å². The number of imidazole rings is 1. The van der Waals surface area contributed by atoms with E-state index in [1.165, 1.54) is 4.57 Å². The summed E-state index contributed by atoms with van der Waals surface area (Å²) < 4.78 is 15.5. The predicted molar refractivity (Wildman–Crippen MR) is 126 cm³/mol. The highest BCUT2D eigenvalue weighted by molar-refractivity contribution is 5.70. The van der Waals surface area contributed by atoms with Crippen LogP contribution in [-0.2, 0) is 19.6 Å². The molecule has 3 aromatic heterocycles. The molecule has 0 unspecified atom stereocenters. The van der Waals surface area contributed by atoms with Gasteiger partial charge in [-0.2, -0.15) is 0 Å². The van der Waals surface area contributed by atoms with Crippen LogP contribution in [0.4, 0.5) is 0 Å². The number of ether oxygens (including phenoxy) is 1. The zero-order valence-corrected chi connectivity index (χ0v) is 19.6. The molecule has 0 saturated heterocycles. The fourth-order valence-corrected chi connectivity index (χ4v) is 3.97. The fourth-order valence-electron chi connectivity index (χ4n) is 3.97. The van der Waals surface area contributed by atoms with E-state index in [0.29, 0.717) is 47.4 Å². The molecular formula is C24H29N5O4. The van der Waals surface area contributed by atoms with Crippen molar-refractivity contribution in [2.45, 2.75) is 47.3 Å². The summed E-state index contributed by atoms with van der Waals surface area (Å²) in [6.07, 6.45) is 1.64. The Morgan fingerprint density at radius 1 is 1.03 bits per heavy atom. The van der Waals surface area contributed by atoms with Crippen molar-refractivity contribution in [3.05, 3.63) is 63.3 Å². The first-order valence-electron chi connectivity index (χ1n) is 11.1. The zero-order chi connectivity index (χ0) is 23.7. The summed E-state index contributed by atoms with van der Waals surface area (Å²) in [5.74, 6) is 1.58. The molecule has 0 N–H and O–H groups in total. The van der Waals surface area contributed by atoms with E-state index in [9.17, 15) is 9.59 Å². The van der Waals surface area contributed by atoms with Gasteiger partial charge in [0.15, 0.2) is 16.9 Å². The molecule has 0 aliphatic rings. The SMILES string of the molecule is COc1ccccc1-c1cc(Cn2c(=O)c3c(ncn3CC(C)C)n(CC(C)C)c2=O)on1. The Balaban J connectivity index is 1.82. The van der Waals surface area contributed by atoms with Crippen LogP contribution in [0.15, 0.2) is 50.8 Å². The highest BCUT2D eigenvalue weighted by atomic mass is 16.5. The van der Waals surface area contributed by atoms with Crippen molar-refractivity contribution in [2.75, 3.05) is 7.11 Å². The van der Waals surface area contributed by atoms with E-state index in [1.54, 1.807) is 24.1 Å². The molecule has 0 aliphatic carbocycles. The molecule has 0 bridgehead atoms. The van der Waals surface area contributed by atoms with Crippen LogP contribution < -0.4 is 16.0 Å². The minimum absolute atomic E-state index is 0.0271. The Bertz CT molecular complexity index is 1390. The topological polar surface area (TPSA) is 97.1 Å². The second-order valence-corrected chi connectivity index (χ2v) is 9.02. The summed E-state index contributed by atoms with van der Waals surface area (Å²) >= 11 is 0. The number of para-hydroxylation sites is 1. The average molecular weight is 452 g/mol. The minimum atomic E-state index is -0.411. The van der Waals surface area contributed by atoms with E-state index in [4.69, 9.17) is 9.26 Å². The number of rotatable bonds is 8. The molecule has 4 aromatic rings. The number of benzene rings is 1. The first-order chi connectivity index (χ1) is 15.8. The summed E-state index contributed by atoms with van der Waals surface area (Å²) in [6.45, 7) is 9.25. The van der Waals surface area contributed by atoms with Crippen LogP contribution in [0, 0.1) is 11.8 Å². The third-order valence-electron chi connectivity index (χ3n) is 5.35. The van der Waals surface area contributed by atoms with Crippen molar-refractivity contribution >= 4 is 11.2 Å². The summed E-state index contributed by atoms with van der Waals surface area (Å²) in [4.78, 5) is 31.2. The van der Waals surface area contributed by atoms with Crippen molar-refractivity contribution in [2.24, 2.45) is 11.8 Å². The molecule has 9 nitrogen and oxygen atoms in total.